The van der Waals surface area contributed by atoms with Crippen molar-refractivity contribution in [3.8, 4) is 0 Å². The van der Waals surface area contributed by atoms with Crippen molar-refractivity contribution >= 4 is 35.1 Å². The minimum atomic E-state index is -0.168. The zero-order valence-electron chi connectivity index (χ0n) is 8.20. The van der Waals surface area contributed by atoms with Gasteiger partial charge < -0.3 is 4.42 Å². The van der Waals surface area contributed by atoms with Crippen LogP contribution in [0.1, 0.15) is 5.76 Å². The Labute approximate surface area is 96.3 Å². The molecule has 2 aliphatic rings. The highest BCUT2D eigenvalue weighted by atomic mass is 32.1. The molecule has 16 heavy (non-hydrogen) atoms. The summed E-state index contributed by atoms with van der Waals surface area (Å²) in [7, 11) is 0. The van der Waals surface area contributed by atoms with E-state index in [1.165, 1.54) is 0 Å². The number of fused-ring (bicyclic) bond motifs is 1. The monoisotopic (exact) mass is 234 g/mol. The lowest BCUT2D eigenvalue weighted by atomic mass is 10.4. The molecule has 0 fully saturated rings. The van der Waals surface area contributed by atoms with Crippen LogP contribution in [-0.4, -0.2) is 34.1 Å². The van der Waals surface area contributed by atoms with E-state index in [4.69, 9.17) is 22.5 Å². The van der Waals surface area contributed by atoms with Crippen molar-refractivity contribution < 1.29 is 9.12 Å². The lowest BCUT2D eigenvalue weighted by Gasteiger charge is -2.22. The van der Waals surface area contributed by atoms with Gasteiger partial charge >= 0.3 is 0 Å². The van der Waals surface area contributed by atoms with Gasteiger partial charge in [-0.1, -0.05) is 16.9 Å². The number of thiocarbonyl (C=S) groups is 1. The second-order valence-corrected chi connectivity index (χ2v) is 3.98. The molecule has 7 heteroatoms. The number of hydrogen-bond acceptors (Lipinski definition) is 5. The Morgan fingerprint density at radius 1 is 1.50 bits per heavy atom. The van der Waals surface area contributed by atoms with Gasteiger partial charge in [-0.15, -0.1) is 5.84 Å². The van der Waals surface area contributed by atoms with Crippen molar-refractivity contribution in [1.29, 1.82) is 0 Å². The van der Waals surface area contributed by atoms with E-state index in [0.29, 0.717) is 29.0 Å². The van der Waals surface area contributed by atoms with Gasteiger partial charge in [-0.25, -0.2) is 4.99 Å². The molecule has 80 valence electrons. The van der Waals surface area contributed by atoms with E-state index in [1.54, 1.807) is 24.6 Å². The summed E-state index contributed by atoms with van der Waals surface area (Å²) < 4.78 is 5.05. The Kier molecular flexibility index (Phi) is 1.87. The summed E-state index contributed by atoms with van der Waals surface area (Å²) in [5.74, 6) is 7.68. The molecule has 0 spiro atoms. The van der Waals surface area contributed by atoms with E-state index in [9.17, 15) is 0 Å². The van der Waals surface area contributed by atoms with Gasteiger partial charge in [0.25, 0.3) is 11.7 Å². The van der Waals surface area contributed by atoms with Crippen LogP contribution in [0.5, 0.6) is 0 Å². The molecule has 0 saturated carbocycles. The van der Waals surface area contributed by atoms with Crippen LogP contribution in [-0.2, 0) is 0 Å². The van der Waals surface area contributed by atoms with E-state index in [0.717, 1.165) is 0 Å². The van der Waals surface area contributed by atoms with Crippen LogP contribution in [0.3, 0.4) is 0 Å². The third-order valence-corrected chi connectivity index (χ3v) is 2.57. The summed E-state index contributed by atoms with van der Waals surface area (Å²) in [6.07, 6.45) is 3.11. The number of aliphatic imine (C=N–C) groups is 2. The molecule has 1 atom stereocenters. The summed E-state index contributed by atoms with van der Waals surface area (Å²) in [6, 6.07) is 3.55. The quantitative estimate of drug-likeness (QED) is 0.435. The molecule has 0 aromatic carbocycles. The van der Waals surface area contributed by atoms with Crippen LogP contribution in [0.4, 0.5) is 0 Å². The van der Waals surface area contributed by atoms with Crippen molar-refractivity contribution in [2.24, 2.45) is 20.9 Å². The number of quaternary nitrogens is 1. The van der Waals surface area contributed by atoms with Crippen molar-refractivity contribution in [1.82, 2.24) is 0 Å². The average Bonchev–Trinajstić information content (AvgIpc) is 2.81. The number of furan rings is 1. The second kappa shape index (κ2) is 3.14. The molecule has 2 N–H and O–H groups in total. The topological polar surface area (TPSA) is 76.2 Å². The molecule has 0 saturated heterocycles. The first-order valence-corrected chi connectivity index (χ1v) is 5.05. The van der Waals surface area contributed by atoms with Crippen LogP contribution in [0.2, 0.25) is 0 Å². The van der Waals surface area contributed by atoms with Gasteiger partial charge in [-0.3, -0.25) is 0 Å². The van der Waals surface area contributed by atoms with Crippen LogP contribution < -0.4 is 5.84 Å². The van der Waals surface area contributed by atoms with Crippen LogP contribution in [0.25, 0.3) is 0 Å². The van der Waals surface area contributed by atoms with E-state index in [1.807, 2.05) is 0 Å². The van der Waals surface area contributed by atoms with E-state index in [2.05, 4.69) is 15.1 Å². The van der Waals surface area contributed by atoms with Gasteiger partial charge in [-0.05, 0) is 17.2 Å². The molecule has 6 nitrogen and oxygen atoms in total. The van der Waals surface area contributed by atoms with Gasteiger partial charge in [-0.2, -0.15) is 4.99 Å². The first kappa shape index (κ1) is 9.52. The normalized spacial score (nSPS) is 27.7. The molecule has 3 heterocycles. The molecule has 0 aliphatic carbocycles. The molecule has 0 bridgehead atoms. The van der Waals surface area contributed by atoms with Gasteiger partial charge in [0, 0.05) is 0 Å². The van der Waals surface area contributed by atoms with Crippen molar-refractivity contribution in [2.45, 2.75) is 0 Å². The summed E-state index contributed by atoms with van der Waals surface area (Å²) in [5, 5.41) is 4.29. The predicted molar refractivity (Wildman–Crippen MR) is 63.1 cm³/mol. The summed E-state index contributed by atoms with van der Waals surface area (Å²) >= 11 is 5.00. The van der Waals surface area contributed by atoms with Gasteiger partial charge in [0.05, 0.1) is 6.26 Å². The lowest BCUT2D eigenvalue weighted by Crippen LogP contribution is -2.57. The van der Waals surface area contributed by atoms with E-state index < -0.39 is 0 Å². The zero-order valence-corrected chi connectivity index (χ0v) is 9.02. The fourth-order valence-corrected chi connectivity index (χ4v) is 1.82. The van der Waals surface area contributed by atoms with Gasteiger partial charge in [0.2, 0.25) is 0 Å². The smallest absolute Gasteiger partial charge is 0.295 e. The molecular formula is C9H8N5OS+. The highest BCUT2D eigenvalue weighted by molar-refractivity contribution is 7.80. The Bertz CT molecular complexity index is 544. The number of hydrogen-bond donors (Lipinski definition) is 1. The summed E-state index contributed by atoms with van der Waals surface area (Å²) in [6.45, 7) is 0.356. The molecule has 0 radical (unpaired) electrons. The fraction of sp³-hybridized carbons (Fsp3) is 0.111. The van der Waals surface area contributed by atoms with Crippen molar-refractivity contribution in [3.05, 3.63) is 24.2 Å². The molecule has 1 unspecified atom stereocenters. The fourth-order valence-electron chi connectivity index (χ4n) is 1.57. The molecule has 0 amide bonds. The van der Waals surface area contributed by atoms with Crippen LogP contribution >= 0.6 is 12.2 Å². The van der Waals surface area contributed by atoms with Crippen LogP contribution in [0.15, 0.2) is 37.9 Å². The molecule has 1 aromatic heterocycles. The minimum absolute atomic E-state index is 0.168. The maximum atomic E-state index is 6.05. The Morgan fingerprint density at radius 3 is 3.12 bits per heavy atom. The average molecular weight is 234 g/mol. The molecular weight excluding hydrogens is 226 g/mol. The molecule has 2 aliphatic heterocycles. The maximum Gasteiger partial charge on any atom is 0.295 e. The predicted octanol–water partition coefficient (Wildman–Crippen LogP) is 0.456. The highest BCUT2D eigenvalue weighted by Crippen LogP contribution is 2.18. The van der Waals surface area contributed by atoms with E-state index >= 15 is 0 Å². The van der Waals surface area contributed by atoms with Crippen molar-refractivity contribution in [3.63, 3.8) is 0 Å². The number of amidine groups is 2. The minimum Gasteiger partial charge on any atom is -0.461 e. The SMILES string of the molecule is N[N+]12CC(=S)N=CC1=NC(c1ccco1)=N2. The van der Waals surface area contributed by atoms with Crippen molar-refractivity contribution in [2.75, 3.05) is 6.54 Å². The Balaban J connectivity index is 2.06. The third-order valence-electron chi connectivity index (χ3n) is 2.33. The van der Waals surface area contributed by atoms with Gasteiger partial charge in [0.15, 0.2) is 17.3 Å². The molecule has 1 aromatic rings. The number of nitrogens with two attached hydrogens (primary N) is 1. The summed E-state index contributed by atoms with van der Waals surface area (Å²) in [5.41, 5.74) is 0. The largest absolute Gasteiger partial charge is 0.461 e. The maximum absolute atomic E-state index is 6.05. The highest BCUT2D eigenvalue weighted by Gasteiger charge is 2.41. The zero-order chi connectivity index (χ0) is 11.2. The number of rotatable bonds is 1. The van der Waals surface area contributed by atoms with E-state index in [-0.39, 0.29) is 4.70 Å². The van der Waals surface area contributed by atoms with Gasteiger partial charge in [0.1, 0.15) is 6.21 Å². The second-order valence-electron chi connectivity index (χ2n) is 3.51. The lowest BCUT2D eigenvalue weighted by molar-refractivity contribution is -0.846. The number of nitrogens with zero attached hydrogens (tertiary/aromatic N) is 4. The molecule has 3 rings (SSSR count). The summed E-state index contributed by atoms with van der Waals surface area (Å²) in [4.78, 5) is 8.80. The Morgan fingerprint density at radius 2 is 2.38 bits per heavy atom. The standard InChI is InChI=1S/C9H8N5OS/c10-14-5-8(16)11-4-7(14)12-9(13-14)6-2-1-3-15-6/h1-4H,5,10H2/q+1. The first-order chi connectivity index (χ1) is 7.67. The Hall–Kier alpha value is -1.70. The first-order valence-electron chi connectivity index (χ1n) is 4.64. The van der Waals surface area contributed by atoms with Crippen LogP contribution in [0, 0.1) is 0 Å². The third kappa shape index (κ3) is 1.33.